The van der Waals surface area contributed by atoms with Gasteiger partial charge in [-0.25, -0.2) is 0 Å². The number of hydrogen-bond donors (Lipinski definition) is 2. The molecule has 1 heterocycles. The summed E-state index contributed by atoms with van der Waals surface area (Å²) in [6, 6.07) is 14.6. The number of carbonyl (C=O) groups excluding carboxylic acids is 1. The van der Waals surface area contributed by atoms with Gasteiger partial charge < -0.3 is 15.8 Å². The monoisotopic (exact) mass is 405 g/mol. The molecule has 0 spiro atoms. The number of nitrogens with one attached hydrogen (secondary N) is 1. The first-order valence-corrected chi connectivity index (χ1v) is 9.29. The van der Waals surface area contributed by atoms with Crippen molar-refractivity contribution >= 4 is 46.9 Å². The Morgan fingerprint density at radius 1 is 1.27 bits per heavy atom. The van der Waals surface area contributed by atoms with Crippen LogP contribution in [0.4, 0.5) is 5.82 Å². The standard InChI is InChI=1S/C18H16ClN3O2S2/c1-24-14-5-3-2-4-11(14)10-21-17(23)15-16(20)22(18(25)26-15)13-8-6-12(19)7-9-13/h2-9H,10,20H2,1H3,(H,21,23). The molecule has 134 valence electrons. The third-order valence-corrected chi connectivity index (χ3v) is 5.41. The number of nitrogens with two attached hydrogens (primary N) is 1. The van der Waals surface area contributed by atoms with Crippen molar-refractivity contribution in [3.63, 3.8) is 0 Å². The minimum Gasteiger partial charge on any atom is -0.496 e. The molecule has 0 atom stereocenters. The molecule has 0 radical (unpaired) electrons. The summed E-state index contributed by atoms with van der Waals surface area (Å²) in [7, 11) is 1.59. The van der Waals surface area contributed by atoms with Crippen molar-refractivity contribution in [2.24, 2.45) is 0 Å². The highest BCUT2D eigenvalue weighted by atomic mass is 35.5. The van der Waals surface area contributed by atoms with E-state index in [4.69, 9.17) is 34.3 Å². The van der Waals surface area contributed by atoms with E-state index < -0.39 is 0 Å². The zero-order valence-electron chi connectivity index (χ0n) is 13.9. The molecule has 3 N–H and O–H groups in total. The van der Waals surface area contributed by atoms with Crippen molar-refractivity contribution in [3.8, 4) is 11.4 Å². The lowest BCUT2D eigenvalue weighted by Crippen LogP contribution is -2.23. The van der Waals surface area contributed by atoms with Crippen molar-refractivity contribution in [1.82, 2.24) is 9.88 Å². The van der Waals surface area contributed by atoms with E-state index in [1.54, 1.807) is 35.9 Å². The maximum absolute atomic E-state index is 12.6. The van der Waals surface area contributed by atoms with E-state index in [0.717, 1.165) is 11.3 Å². The van der Waals surface area contributed by atoms with E-state index in [9.17, 15) is 4.79 Å². The number of rotatable bonds is 5. The summed E-state index contributed by atoms with van der Waals surface area (Å²) >= 11 is 12.5. The number of hydrogen-bond acceptors (Lipinski definition) is 5. The summed E-state index contributed by atoms with van der Waals surface area (Å²) in [4.78, 5) is 13.0. The fraction of sp³-hybridized carbons (Fsp3) is 0.111. The van der Waals surface area contributed by atoms with Gasteiger partial charge in [0.15, 0.2) is 3.95 Å². The van der Waals surface area contributed by atoms with Gasteiger partial charge in [-0.05, 0) is 42.5 Å². The minimum atomic E-state index is -0.280. The predicted octanol–water partition coefficient (Wildman–Crippen LogP) is 4.44. The second-order valence-corrected chi connectivity index (χ2v) is 7.47. The Kier molecular flexibility index (Phi) is 5.61. The van der Waals surface area contributed by atoms with Crippen LogP contribution in [0.25, 0.3) is 5.69 Å². The lowest BCUT2D eigenvalue weighted by Gasteiger charge is -2.09. The summed E-state index contributed by atoms with van der Waals surface area (Å²) in [5, 5.41) is 3.48. The van der Waals surface area contributed by atoms with Crippen molar-refractivity contribution in [2.75, 3.05) is 12.8 Å². The average Bonchev–Trinajstić information content (AvgIpc) is 2.95. The summed E-state index contributed by atoms with van der Waals surface area (Å²) in [5.41, 5.74) is 7.83. The number of aromatic nitrogens is 1. The molecule has 0 saturated carbocycles. The molecule has 1 aromatic heterocycles. The number of ether oxygens (including phenoxy) is 1. The number of anilines is 1. The third kappa shape index (κ3) is 3.75. The van der Waals surface area contributed by atoms with E-state index in [1.165, 1.54) is 11.3 Å². The highest BCUT2D eigenvalue weighted by Gasteiger charge is 2.18. The first-order valence-electron chi connectivity index (χ1n) is 7.68. The Morgan fingerprint density at radius 3 is 2.65 bits per heavy atom. The van der Waals surface area contributed by atoms with Gasteiger partial charge in [0, 0.05) is 22.8 Å². The molecule has 1 amide bonds. The van der Waals surface area contributed by atoms with Crippen LogP contribution in [-0.4, -0.2) is 17.6 Å². The van der Waals surface area contributed by atoms with Crippen LogP contribution in [-0.2, 0) is 6.54 Å². The Morgan fingerprint density at radius 2 is 1.96 bits per heavy atom. The zero-order chi connectivity index (χ0) is 18.7. The van der Waals surface area contributed by atoms with Crippen LogP contribution >= 0.6 is 35.2 Å². The molecule has 0 bridgehead atoms. The van der Waals surface area contributed by atoms with Gasteiger partial charge in [-0.3, -0.25) is 9.36 Å². The molecule has 5 nitrogen and oxygen atoms in total. The summed E-state index contributed by atoms with van der Waals surface area (Å²) in [5.74, 6) is 0.740. The topological polar surface area (TPSA) is 69.3 Å². The van der Waals surface area contributed by atoms with Crippen LogP contribution in [0.15, 0.2) is 48.5 Å². The number of amides is 1. The molecule has 3 rings (SSSR count). The van der Waals surface area contributed by atoms with Crippen LogP contribution in [0.1, 0.15) is 15.2 Å². The molecule has 0 aliphatic rings. The number of carbonyl (C=O) groups is 1. The summed E-state index contributed by atoms with van der Waals surface area (Å²) < 4.78 is 7.45. The molecule has 0 fully saturated rings. The molecule has 0 aliphatic heterocycles. The number of nitrogens with zero attached hydrogens (tertiary/aromatic N) is 1. The van der Waals surface area contributed by atoms with Crippen molar-refractivity contribution in [2.45, 2.75) is 6.54 Å². The second-order valence-electron chi connectivity index (χ2n) is 5.39. The molecular formula is C18H16ClN3O2S2. The highest BCUT2D eigenvalue weighted by Crippen LogP contribution is 2.27. The largest absolute Gasteiger partial charge is 0.496 e. The van der Waals surface area contributed by atoms with E-state index in [-0.39, 0.29) is 5.91 Å². The van der Waals surface area contributed by atoms with E-state index in [0.29, 0.717) is 32.0 Å². The number of para-hydroxylation sites is 1. The fourth-order valence-electron chi connectivity index (χ4n) is 2.49. The number of nitrogen functional groups attached to an aromatic ring is 1. The average molecular weight is 406 g/mol. The molecular weight excluding hydrogens is 390 g/mol. The van der Waals surface area contributed by atoms with Gasteiger partial charge in [0.1, 0.15) is 16.4 Å². The molecule has 26 heavy (non-hydrogen) atoms. The second kappa shape index (κ2) is 7.90. The molecule has 0 aliphatic carbocycles. The first-order chi connectivity index (χ1) is 12.5. The van der Waals surface area contributed by atoms with Gasteiger partial charge in [0.05, 0.1) is 7.11 Å². The minimum absolute atomic E-state index is 0.280. The lowest BCUT2D eigenvalue weighted by molar-refractivity contribution is 0.0955. The Hall–Kier alpha value is -2.35. The van der Waals surface area contributed by atoms with Crippen LogP contribution in [0.5, 0.6) is 5.75 Å². The zero-order valence-corrected chi connectivity index (χ0v) is 16.3. The lowest BCUT2D eigenvalue weighted by atomic mass is 10.2. The molecule has 8 heteroatoms. The van der Waals surface area contributed by atoms with E-state index in [1.807, 2.05) is 24.3 Å². The van der Waals surface area contributed by atoms with Crippen LogP contribution in [0.2, 0.25) is 5.02 Å². The number of methoxy groups -OCH3 is 1. The third-order valence-electron chi connectivity index (χ3n) is 3.77. The Labute approximate surface area is 165 Å². The van der Waals surface area contributed by atoms with Crippen molar-refractivity contribution < 1.29 is 9.53 Å². The highest BCUT2D eigenvalue weighted by molar-refractivity contribution is 7.73. The van der Waals surface area contributed by atoms with Gasteiger partial charge in [0.2, 0.25) is 0 Å². The summed E-state index contributed by atoms with van der Waals surface area (Å²) in [6.45, 7) is 0.327. The first kappa shape index (κ1) is 18.4. The van der Waals surface area contributed by atoms with Gasteiger partial charge in [0.25, 0.3) is 5.91 Å². The maximum Gasteiger partial charge on any atom is 0.265 e. The van der Waals surface area contributed by atoms with Crippen LogP contribution < -0.4 is 15.8 Å². The normalized spacial score (nSPS) is 10.5. The number of benzene rings is 2. The van der Waals surface area contributed by atoms with Crippen molar-refractivity contribution in [3.05, 3.63) is 67.9 Å². The molecule has 3 aromatic rings. The van der Waals surface area contributed by atoms with E-state index in [2.05, 4.69) is 5.32 Å². The van der Waals surface area contributed by atoms with Crippen LogP contribution in [0, 0.1) is 3.95 Å². The maximum atomic E-state index is 12.6. The smallest absolute Gasteiger partial charge is 0.265 e. The Bertz CT molecular complexity index is 996. The molecule has 0 saturated heterocycles. The Balaban J connectivity index is 1.83. The molecule has 0 unspecified atom stereocenters. The van der Waals surface area contributed by atoms with Gasteiger partial charge in [-0.2, -0.15) is 0 Å². The SMILES string of the molecule is COc1ccccc1CNC(=O)c1sc(=S)n(-c2ccc(Cl)cc2)c1N. The fourth-order valence-corrected chi connectivity index (χ4v) is 3.90. The molecule has 2 aromatic carbocycles. The van der Waals surface area contributed by atoms with Gasteiger partial charge in [-0.1, -0.05) is 41.1 Å². The van der Waals surface area contributed by atoms with Crippen molar-refractivity contribution in [1.29, 1.82) is 0 Å². The van der Waals surface area contributed by atoms with Gasteiger partial charge >= 0.3 is 0 Å². The summed E-state index contributed by atoms with van der Waals surface area (Å²) in [6.07, 6.45) is 0. The van der Waals surface area contributed by atoms with Crippen LogP contribution in [0.3, 0.4) is 0 Å². The van der Waals surface area contributed by atoms with Gasteiger partial charge in [-0.15, -0.1) is 0 Å². The quantitative estimate of drug-likeness (QED) is 0.615. The predicted molar refractivity (Wildman–Crippen MR) is 108 cm³/mol. The number of thiazole rings is 1. The number of halogens is 1. The van der Waals surface area contributed by atoms with E-state index >= 15 is 0 Å².